The van der Waals surface area contributed by atoms with Crippen molar-refractivity contribution in [3.63, 3.8) is 0 Å². The number of benzene rings is 1. The standard InChI is InChI=1S/C11H11Cl3O4/c1-2-3-4-18-10-8(14)7(13)6(12)5(9(10)15)11(16)17/h15H,2-4H2,1H3,(H,16,17). The highest BCUT2D eigenvalue weighted by atomic mass is 35.5. The van der Waals surface area contributed by atoms with Gasteiger partial charge in [0.2, 0.25) is 0 Å². The molecular formula is C11H11Cl3O4. The fraction of sp³-hybridized carbons (Fsp3) is 0.364. The van der Waals surface area contributed by atoms with Crippen molar-refractivity contribution in [3.8, 4) is 11.5 Å². The van der Waals surface area contributed by atoms with Crippen molar-refractivity contribution in [3.05, 3.63) is 20.6 Å². The van der Waals surface area contributed by atoms with Crippen LogP contribution < -0.4 is 4.74 Å². The molecule has 0 amide bonds. The van der Waals surface area contributed by atoms with E-state index in [1.807, 2.05) is 6.92 Å². The molecule has 0 heterocycles. The summed E-state index contributed by atoms with van der Waals surface area (Å²) in [5.41, 5.74) is -0.516. The lowest BCUT2D eigenvalue weighted by Gasteiger charge is -2.14. The van der Waals surface area contributed by atoms with Crippen LogP contribution in [-0.2, 0) is 0 Å². The molecule has 0 aliphatic rings. The van der Waals surface area contributed by atoms with Crippen LogP contribution in [0.2, 0.25) is 15.1 Å². The molecule has 1 aromatic carbocycles. The summed E-state index contributed by atoms with van der Waals surface area (Å²) in [7, 11) is 0. The first kappa shape index (κ1) is 15.2. The number of hydrogen-bond acceptors (Lipinski definition) is 3. The third kappa shape index (κ3) is 2.94. The SMILES string of the molecule is CCCCOc1c(O)c(C(=O)O)c(Cl)c(Cl)c1Cl. The van der Waals surface area contributed by atoms with E-state index < -0.39 is 17.3 Å². The van der Waals surface area contributed by atoms with Crippen molar-refractivity contribution in [2.75, 3.05) is 6.61 Å². The number of phenols is 1. The van der Waals surface area contributed by atoms with Crippen molar-refractivity contribution in [1.82, 2.24) is 0 Å². The van der Waals surface area contributed by atoms with E-state index in [-0.39, 0.29) is 20.8 Å². The zero-order valence-electron chi connectivity index (χ0n) is 9.47. The van der Waals surface area contributed by atoms with E-state index in [0.29, 0.717) is 6.61 Å². The zero-order chi connectivity index (χ0) is 13.9. The van der Waals surface area contributed by atoms with Gasteiger partial charge in [-0.05, 0) is 6.42 Å². The van der Waals surface area contributed by atoms with E-state index in [1.165, 1.54) is 0 Å². The first-order valence-corrected chi connectivity index (χ1v) is 6.30. The van der Waals surface area contributed by atoms with Gasteiger partial charge in [-0.25, -0.2) is 4.79 Å². The minimum atomic E-state index is -1.41. The van der Waals surface area contributed by atoms with Crippen LogP contribution in [-0.4, -0.2) is 22.8 Å². The number of rotatable bonds is 5. The summed E-state index contributed by atoms with van der Waals surface area (Å²) in [6, 6.07) is 0. The number of aromatic carboxylic acids is 1. The Balaban J connectivity index is 3.29. The van der Waals surface area contributed by atoms with Gasteiger partial charge in [-0.1, -0.05) is 48.1 Å². The summed E-state index contributed by atoms with van der Waals surface area (Å²) in [5, 5.41) is 18.2. The second kappa shape index (κ2) is 6.36. The van der Waals surface area contributed by atoms with Gasteiger partial charge in [0.25, 0.3) is 0 Å². The summed E-state index contributed by atoms with van der Waals surface area (Å²) in [4.78, 5) is 11.0. The van der Waals surface area contributed by atoms with E-state index >= 15 is 0 Å². The van der Waals surface area contributed by atoms with Crippen LogP contribution in [0.1, 0.15) is 30.1 Å². The average molecular weight is 314 g/mol. The third-order valence-electron chi connectivity index (χ3n) is 2.21. The summed E-state index contributed by atoms with van der Waals surface area (Å²) < 4.78 is 5.25. The Hall–Kier alpha value is -0.840. The summed E-state index contributed by atoms with van der Waals surface area (Å²) >= 11 is 17.4. The highest BCUT2D eigenvalue weighted by molar-refractivity contribution is 6.50. The molecule has 1 aromatic rings. The van der Waals surface area contributed by atoms with Crippen molar-refractivity contribution < 1.29 is 19.7 Å². The number of carbonyl (C=O) groups is 1. The van der Waals surface area contributed by atoms with E-state index in [2.05, 4.69) is 0 Å². The molecule has 0 spiro atoms. The highest BCUT2D eigenvalue weighted by Crippen LogP contribution is 2.47. The predicted octanol–water partition coefficient (Wildman–Crippen LogP) is 4.23. The smallest absolute Gasteiger partial charge is 0.341 e. The van der Waals surface area contributed by atoms with Crippen LogP contribution in [0, 0.1) is 0 Å². The number of unbranched alkanes of at least 4 members (excludes halogenated alkanes) is 1. The lowest BCUT2D eigenvalue weighted by Crippen LogP contribution is -2.04. The van der Waals surface area contributed by atoms with Gasteiger partial charge in [0, 0.05) is 0 Å². The molecule has 0 aromatic heterocycles. The molecule has 0 fully saturated rings. The van der Waals surface area contributed by atoms with E-state index in [0.717, 1.165) is 12.8 Å². The average Bonchev–Trinajstić information content (AvgIpc) is 2.30. The fourth-order valence-electron chi connectivity index (χ4n) is 1.27. The maximum absolute atomic E-state index is 11.0. The van der Waals surface area contributed by atoms with Crippen molar-refractivity contribution >= 4 is 40.8 Å². The Labute approximate surface area is 119 Å². The Kier molecular flexibility index (Phi) is 5.38. The number of ether oxygens (including phenoxy) is 1. The molecular weight excluding hydrogens is 302 g/mol. The Morgan fingerprint density at radius 1 is 1.22 bits per heavy atom. The van der Waals surface area contributed by atoms with Crippen LogP contribution in [0.4, 0.5) is 0 Å². The third-order valence-corrected chi connectivity index (χ3v) is 3.52. The predicted molar refractivity (Wildman–Crippen MR) is 70.5 cm³/mol. The number of carboxylic acid groups (broad SMARTS) is 1. The molecule has 7 heteroatoms. The van der Waals surface area contributed by atoms with Crippen LogP contribution in [0.5, 0.6) is 11.5 Å². The first-order chi connectivity index (χ1) is 8.41. The summed E-state index contributed by atoms with van der Waals surface area (Å²) in [6.45, 7) is 2.25. The number of carboxylic acids is 1. The van der Waals surface area contributed by atoms with E-state index in [4.69, 9.17) is 44.6 Å². The van der Waals surface area contributed by atoms with E-state index in [1.54, 1.807) is 0 Å². The molecule has 18 heavy (non-hydrogen) atoms. The van der Waals surface area contributed by atoms with Crippen molar-refractivity contribution in [2.24, 2.45) is 0 Å². The van der Waals surface area contributed by atoms with Gasteiger partial charge in [0.1, 0.15) is 10.6 Å². The minimum Gasteiger partial charge on any atom is -0.504 e. The zero-order valence-corrected chi connectivity index (χ0v) is 11.7. The molecule has 0 saturated carbocycles. The molecule has 0 atom stereocenters. The molecule has 0 saturated heterocycles. The number of aromatic hydroxyl groups is 1. The van der Waals surface area contributed by atoms with Gasteiger partial charge in [-0.3, -0.25) is 0 Å². The fourth-order valence-corrected chi connectivity index (χ4v) is 2.00. The normalized spacial score (nSPS) is 10.4. The van der Waals surface area contributed by atoms with Gasteiger partial charge in [-0.15, -0.1) is 0 Å². The lowest BCUT2D eigenvalue weighted by atomic mass is 10.2. The number of halogens is 3. The van der Waals surface area contributed by atoms with Crippen LogP contribution >= 0.6 is 34.8 Å². The monoisotopic (exact) mass is 312 g/mol. The van der Waals surface area contributed by atoms with Crippen LogP contribution in [0.3, 0.4) is 0 Å². The van der Waals surface area contributed by atoms with Gasteiger partial charge in [0.05, 0.1) is 16.7 Å². The van der Waals surface area contributed by atoms with Gasteiger partial charge < -0.3 is 14.9 Å². The Morgan fingerprint density at radius 2 is 1.83 bits per heavy atom. The molecule has 100 valence electrons. The van der Waals surface area contributed by atoms with E-state index in [9.17, 15) is 9.90 Å². The highest BCUT2D eigenvalue weighted by Gasteiger charge is 2.26. The molecule has 0 aliphatic carbocycles. The molecule has 1 rings (SSSR count). The Morgan fingerprint density at radius 3 is 2.33 bits per heavy atom. The molecule has 4 nitrogen and oxygen atoms in total. The van der Waals surface area contributed by atoms with Crippen LogP contribution in [0.25, 0.3) is 0 Å². The quantitative estimate of drug-likeness (QED) is 0.630. The topological polar surface area (TPSA) is 66.8 Å². The lowest BCUT2D eigenvalue weighted by molar-refractivity contribution is 0.0693. The largest absolute Gasteiger partial charge is 0.504 e. The number of hydrogen-bond donors (Lipinski definition) is 2. The second-order valence-electron chi connectivity index (χ2n) is 3.50. The molecule has 2 N–H and O–H groups in total. The van der Waals surface area contributed by atoms with Crippen LogP contribution in [0.15, 0.2) is 0 Å². The maximum Gasteiger partial charge on any atom is 0.341 e. The molecule has 0 radical (unpaired) electrons. The van der Waals surface area contributed by atoms with Crippen molar-refractivity contribution in [1.29, 1.82) is 0 Å². The van der Waals surface area contributed by atoms with Gasteiger partial charge in [0.15, 0.2) is 11.5 Å². The maximum atomic E-state index is 11.0. The van der Waals surface area contributed by atoms with Gasteiger partial charge >= 0.3 is 5.97 Å². The first-order valence-electron chi connectivity index (χ1n) is 5.17. The summed E-state index contributed by atoms with van der Waals surface area (Å²) in [6.07, 6.45) is 1.61. The molecule has 0 bridgehead atoms. The molecule has 0 aliphatic heterocycles. The molecule has 0 unspecified atom stereocenters. The minimum absolute atomic E-state index is 0.0970. The Bertz CT molecular complexity index is 474. The van der Waals surface area contributed by atoms with Crippen molar-refractivity contribution in [2.45, 2.75) is 19.8 Å². The summed E-state index contributed by atoms with van der Waals surface area (Å²) in [5.74, 6) is -2.17. The van der Waals surface area contributed by atoms with Gasteiger partial charge in [-0.2, -0.15) is 0 Å². The second-order valence-corrected chi connectivity index (χ2v) is 4.64.